The lowest BCUT2D eigenvalue weighted by Crippen LogP contribution is -2.50. The number of methoxy groups -OCH3 is 1. The summed E-state index contributed by atoms with van der Waals surface area (Å²) in [5, 5.41) is 15.3. The lowest BCUT2D eigenvalue weighted by Gasteiger charge is -2.38. The van der Waals surface area contributed by atoms with Crippen molar-refractivity contribution < 1.29 is 29.0 Å². The van der Waals surface area contributed by atoms with Crippen LogP contribution in [0.15, 0.2) is 0 Å². The van der Waals surface area contributed by atoms with Crippen LogP contribution in [0.2, 0.25) is 0 Å². The normalized spacial score (nSPS) is 36.3. The van der Waals surface area contributed by atoms with E-state index in [0.29, 0.717) is 19.3 Å². The smallest absolute Gasteiger partial charge is 0.328 e. The summed E-state index contributed by atoms with van der Waals surface area (Å²) in [4.78, 5) is 50.6. The van der Waals surface area contributed by atoms with E-state index < -0.39 is 34.7 Å². The minimum atomic E-state index is -1.01. The van der Waals surface area contributed by atoms with Crippen LogP contribution in [-0.4, -0.2) is 58.8 Å². The number of aliphatic carboxylic acids is 1. The van der Waals surface area contributed by atoms with E-state index in [2.05, 4.69) is 10.6 Å². The van der Waals surface area contributed by atoms with E-state index in [-0.39, 0.29) is 40.4 Å². The molecule has 3 rings (SSSR count). The number of carbonyl (C=O) groups is 4. The zero-order valence-corrected chi connectivity index (χ0v) is 23.9. The topological polar surface area (TPSA) is 122 Å². The molecule has 37 heavy (non-hydrogen) atoms. The SMILES string of the molecule is COC(=O)[C@H](CC1CCC(NC(=O)C2C(Cl)CCCC2Cl)CC1)NC(=O)[C@H]1CC[C@@](C)(C(=O)O)C1(C)C. The van der Waals surface area contributed by atoms with Crippen LogP contribution in [0.1, 0.15) is 85.0 Å². The van der Waals surface area contributed by atoms with Gasteiger partial charge in [-0.1, -0.05) is 20.3 Å². The van der Waals surface area contributed by atoms with E-state index >= 15 is 0 Å². The van der Waals surface area contributed by atoms with E-state index in [1.807, 2.05) is 13.8 Å². The van der Waals surface area contributed by atoms with Crippen molar-refractivity contribution >= 4 is 47.0 Å². The van der Waals surface area contributed by atoms with Crippen molar-refractivity contribution in [1.82, 2.24) is 10.6 Å². The molecule has 0 bridgehead atoms. The maximum Gasteiger partial charge on any atom is 0.328 e. The maximum absolute atomic E-state index is 13.2. The highest BCUT2D eigenvalue weighted by molar-refractivity contribution is 6.26. The molecule has 0 heterocycles. The Labute approximate surface area is 229 Å². The molecule has 0 aromatic rings. The summed E-state index contributed by atoms with van der Waals surface area (Å²) in [6, 6.07) is -0.755. The van der Waals surface area contributed by atoms with Crippen LogP contribution in [0.4, 0.5) is 0 Å². The molecule has 10 heteroatoms. The number of carboxylic acid groups (broad SMARTS) is 1. The summed E-state index contributed by atoms with van der Waals surface area (Å²) in [5.41, 5.74) is -1.77. The van der Waals surface area contributed by atoms with E-state index in [1.165, 1.54) is 7.11 Å². The molecule has 8 nitrogen and oxygen atoms in total. The van der Waals surface area contributed by atoms with Gasteiger partial charge in [-0.3, -0.25) is 14.4 Å². The van der Waals surface area contributed by atoms with Crippen LogP contribution in [-0.2, 0) is 23.9 Å². The molecule has 0 aromatic heterocycles. The number of carboxylic acids is 1. The summed E-state index contributed by atoms with van der Waals surface area (Å²) in [7, 11) is 1.30. The molecule has 210 valence electrons. The third kappa shape index (κ3) is 6.38. The number of amides is 2. The van der Waals surface area contributed by atoms with Gasteiger partial charge in [0.05, 0.1) is 18.4 Å². The molecule has 2 amide bonds. The van der Waals surface area contributed by atoms with Gasteiger partial charge in [-0.25, -0.2) is 4.79 Å². The Morgan fingerprint density at radius 1 is 0.946 bits per heavy atom. The summed E-state index contributed by atoms with van der Waals surface area (Å²) in [6.45, 7) is 5.31. The monoisotopic (exact) mass is 560 g/mol. The number of ether oxygens (including phenoxy) is 1. The number of nitrogens with one attached hydrogen (secondary N) is 2. The van der Waals surface area contributed by atoms with Crippen molar-refractivity contribution in [3.8, 4) is 0 Å². The van der Waals surface area contributed by atoms with E-state index in [0.717, 1.165) is 44.9 Å². The van der Waals surface area contributed by atoms with Crippen molar-refractivity contribution in [2.24, 2.45) is 28.6 Å². The second-order valence-corrected chi connectivity index (χ2v) is 13.1. The predicted molar refractivity (Wildman–Crippen MR) is 141 cm³/mol. The Bertz CT molecular complexity index is 865. The first-order chi connectivity index (χ1) is 17.3. The van der Waals surface area contributed by atoms with Gasteiger partial charge in [0, 0.05) is 22.7 Å². The number of hydrogen-bond donors (Lipinski definition) is 3. The van der Waals surface area contributed by atoms with Crippen LogP contribution in [0.5, 0.6) is 0 Å². The largest absolute Gasteiger partial charge is 0.481 e. The Morgan fingerprint density at radius 3 is 2.05 bits per heavy atom. The molecule has 0 radical (unpaired) electrons. The molecule has 3 aliphatic carbocycles. The van der Waals surface area contributed by atoms with Crippen molar-refractivity contribution in [3.63, 3.8) is 0 Å². The van der Waals surface area contributed by atoms with Gasteiger partial charge in [0.25, 0.3) is 0 Å². The van der Waals surface area contributed by atoms with Crippen LogP contribution >= 0.6 is 23.2 Å². The Morgan fingerprint density at radius 2 is 1.54 bits per heavy atom. The first-order valence-corrected chi connectivity index (χ1v) is 14.4. The minimum absolute atomic E-state index is 0.0394. The fourth-order valence-corrected chi connectivity index (χ4v) is 7.53. The number of hydrogen-bond acceptors (Lipinski definition) is 5. The summed E-state index contributed by atoms with van der Waals surface area (Å²) >= 11 is 12.8. The molecule has 0 aliphatic heterocycles. The summed E-state index contributed by atoms with van der Waals surface area (Å²) in [5.74, 6) is -2.48. The molecule has 0 saturated heterocycles. The Balaban J connectivity index is 1.55. The van der Waals surface area contributed by atoms with Crippen molar-refractivity contribution in [2.45, 2.75) is 108 Å². The maximum atomic E-state index is 13.2. The lowest BCUT2D eigenvalue weighted by molar-refractivity contribution is -0.156. The van der Waals surface area contributed by atoms with E-state index in [1.54, 1.807) is 6.92 Å². The zero-order valence-electron chi connectivity index (χ0n) is 22.4. The molecule has 3 saturated carbocycles. The van der Waals surface area contributed by atoms with Gasteiger partial charge < -0.3 is 20.5 Å². The second kappa shape index (κ2) is 12.1. The standard InChI is InChI=1S/C27H42Cl2N2O6/c1-26(2)17(12-13-27(26,3)25(35)36)22(32)31-20(24(34)37-4)14-15-8-10-16(11-9-15)30-23(33)21-18(28)6-5-7-19(21)29/h15-21H,5-14H2,1-4H3,(H,30,33)(H,31,32)(H,35,36)/t15?,16?,17-,18?,19?,20+,21?,27+/m1/s1. The fourth-order valence-electron chi connectivity index (χ4n) is 6.57. The summed E-state index contributed by atoms with van der Waals surface area (Å²) < 4.78 is 4.98. The molecule has 5 atom stereocenters. The van der Waals surface area contributed by atoms with Crippen LogP contribution in [0, 0.1) is 28.6 Å². The Hall–Kier alpha value is -1.54. The molecule has 3 fully saturated rings. The van der Waals surface area contributed by atoms with Gasteiger partial charge in [-0.05, 0) is 76.0 Å². The molecular formula is C27H42Cl2N2O6. The molecule has 3 aliphatic rings. The second-order valence-electron chi connectivity index (χ2n) is 12.0. The highest BCUT2D eigenvalue weighted by atomic mass is 35.5. The molecule has 2 unspecified atom stereocenters. The molecule has 3 N–H and O–H groups in total. The number of esters is 1. The van der Waals surface area contributed by atoms with E-state index in [4.69, 9.17) is 27.9 Å². The molecular weight excluding hydrogens is 519 g/mol. The quantitative estimate of drug-likeness (QED) is 0.301. The third-order valence-electron chi connectivity index (χ3n) is 9.62. The molecule has 0 aromatic carbocycles. The van der Waals surface area contributed by atoms with Gasteiger partial charge in [0.1, 0.15) is 6.04 Å². The first kappa shape index (κ1) is 30.0. The number of rotatable bonds is 8. The predicted octanol–water partition coefficient (Wildman–Crippen LogP) is 4.25. The highest BCUT2D eigenvalue weighted by Crippen LogP contribution is 2.56. The van der Waals surface area contributed by atoms with Gasteiger partial charge in [-0.15, -0.1) is 23.2 Å². The lowest BCUT2D eigenvalue weighted by atomic mass is 9.65. The van der Waals surface area contributed by atoms with Crippen molar-refractivity contribution in [3.05, 3.63) is 0 Å². The van der Waals surface area contributed by atoms with Crippen LogP contribution < -0.4 is 10.6 Å². The van der Waals surface area contributed by atoms with Gasteiger partial charge in [0.15, 0.2) is 0 Å². The first-order valence-electron chi connectivity index (χ1n) is 13.5. The number of alkyl halides is 2. The van der Waals surface area contributed by atoms with Gasteiger partial charge in [0.2, 0.25) is 11.8 Å². The third-order valence-corrected chi connectivity index (χ3v) is 10.6. The summed E-state index contributed by atoms with van der Waals surface area (Å²) in [6.07, 6.45) is 6.99. The van der Waals surface area contributed by atoms with Crippen LogP contribution in [0.3, 0.4) is 0 Å². The number of carbonyl (C=O) groups excluding carboxylic acids is 3. The van der Waals surface area contributed by atoms with Gasteiger partial charge in [-0.2, -0.15) is 0 Å². The van der Waals surface area contributed by atoms with Crippen molar-refractivity contribution in [2.75, 3.05) is 7.11 Å². The fraction of sp³-hybridized carbons (Fsp3) is 0.852. The average molecular weight is 562 g/mol. The zero-order chi connectivity index (χ0) is 27.5. The van der Waals surface area contributed by atoms with Gasteiger partial charge >= 0.3 is 11.9 Å². The van der Waals surface area contributed by atoms with Crippen molar-refractivity contribution in [1.29, 1.82) is 0 Å². The minimum Gasteiger partial charge on any atom is -0.481 e. The van der Waals surface area contributed by atoms with Crippen LogP contribution in [0.25, 0.3) is 0 Å². The van der Waals surface area contributed by atoms with E-state index in [9.17, 15) is 24.3 Å². The Kier molecular flexibility index (Phi) is 9.82. The molecule has 0 spiro atoms. The highest BCUT2D eigenvalue weighted by Gasteiger charge is 2.58. The average Bonchev–Trinajstić information content (AvgIpc) is 3.08. The number of halogens is 2.